The van der Waals surface area contributed by atoms with Crippen LogP contribution in [0.1, 0.15) is 54.9 Å². The fourth-order valence-electron chi connectivity index (χ4n) is 4.74. The van der Waals surface area contributed by atoms with Crippen molar-refractivity contribution in [3.8, 4) is 0 Å². The first-order valence-electron chi connectivity index (χ1n) is 9.22. The highest BCUT2D eigenvalue weighted by atomic mass is 16.7. The first kappa shape index (κ1) is 18.6. The van der Waals surface area contributed by atoms with E-state index < -0.39 is 12.2 Å². The van der Waals surface area contributed by atoms with Crippen LogP contribution in [0.5, 0.6) is 0 Å². The van der Waals surface area contributed by atoms with Crippen molar-refractivity contribution < 1.29 is 19.7 Å². The second-order valence-electron chi connectivity index (χ2n) is 7.69. The van der Waals surface area contributed by atoms with Gasteiger partial charge in [0.15, 0.2) is 0 Å². The van der Waals surface area contributed by atoms with E-state index in [-0.39, 0.29) is 18.3 Å². The minimum atomic E-state index is -0.774. The summed E-state index contributed by atoms with van der Waals surface area (Å²) in [6.07, 6.45) is 4.86. The maximum absolute atomic E-state index is 10.4. The van der Waals surface area contributed by atoms with Gasteiger partial charge in [-0.1, -0.05) is 47.4 Å². The monoisotopic (exact) mass is 346 g/mol. The molecule has 25 heavy (non-hydrogen) atoms. The molecule has 0 radical (unpaired) electrons. The predicted octanol–water partition coefficient (Wildman–Crippen LogP) is 3.58. The van der Waals surface area contributed by atoms with Crippen molar-refractivity contribution in [2.45, 2.75) is 64.3 Å². The van der Waals surface area contributed by atoms with E-state index in [1.807, 2.05) is 6.08 Å². The average molecular weight is 346 g/mol. The molecule has 1 fully saturated rings. The zero-order valence-corrected chi connectivity index (χ0v) is 15.5. The second kappa shape index (κ2) is 7.58. The highest BCUT2D eigenvalue weighted by Crippen LogP contribution is 2.56. The largest absolute Gasteiger partial charge is 0.390 e. The zero-order chi connectivity index (χ0) is 18.0. The molecule has 2 aliphatic carbocycles. The Bertz CT molecular complexity index is 619. The van der Waals surface area contributed by atoms with Gasteiger partial charge >= 0.3 is 0 Å². The Balaban J connectivity index is 2.08. The minimum Gasteiger partial charge on any atom is -0.390 e. The van der Waals surface area contributed by atoms with Crippen molar-refractivity contribution in [3.05, 3.63) is 46.5 Å². The van der Waals surface area contributed by atoms with Crippen LogP contribution in [0.2, 0.25) is 0 Å². The fraction of sp³-hybridized carbons (Fsp3) is 0.619. The Kier molecular flexibility index (Phi) is 5.64. The summed E-state index contributed by atoms with van der Waals surface area (Å²) in [5.74, 6) is 0. The molecule has 4 nitrogen and oxygen atoms in total. The molecular formula is C21H30O4. The topological polar surface area (TPSA) is 58.9 Å². The molecule has 2 N–H and O–H groups in total. The summed E-state index contributed by atoms with van der Waals surface area (Å²) < 4.78 is 11.4. The number of ether oxygens (including phenoxy) is 2. The van der Waals surface area contributed by atoms with Crippen molar-refractivity contribution in [3.63, 3.8) is 0 Å². The summed E-state index contributed by atoms with van der Waals surface area (Å²) in [6.45, 7) is 4.41. The van der Waals surface area contributed by atoms with Gasteiger partial charge in [0.05, 0.1) is 18.3 Å². The number of hydrogen-bond donors (Lipinski definition) is 2. The minimum absolute atomic E-state index is 0.181. The molecule has 1 aromatic carbocycles. The summed E-state index contributed by atoms with van der Waals surface area (Å²) in [7, 11) is 1.63. The third-order valence-electron chi connectivity index (χ3n) is 5.70. The molecule has 138 valence electrons. The maximum Gasteiger partial charge on any atom is 0.147 e. The molecule has 2 aliphatic rings. The molecule has 2 unspecified atom stereocenters. The molecule has 4 heteroatoms. The van der Waals surface area contributed by atoms with Crippen LogP contribution in [0.15, 0.2) is 29.8 Å². The van der Waals surface area contributed by atoms with Crippen molar-refractivity contribution >= 4 is 0 Å². The van der Waals surface area contributed by atoms with Gasteiger partial charge in [0, 0.05) is 12.5 Å². The van der Waals surface area contributed by atoms with Crippen LogP contribution in [0, 0.1) is 19.3 Å². The Hall–Kier alpha value is -1.20. The SMILES string of the molecule is COCO[C@@H](c1cc(C)cc(C)c1)[C@]12CCCCC1=CC(O)C(O)C2. The van der Waals surface area contributed by atoms with Gasteiger partial charge in [-0.25, -0.2) is 0 Å². The van der Waals surface area contributed by atoms with Gasteiger partial charge in [-0.2, -0.15) is 0 Å². The van der Waals surface area contributed by atoms with Crippen LogP contribution in [0.4, 0.5) is 0 Å². The summed E-state index contributed by atoms with van der Waals surface area (Å²) in [5, 5.41) is 20.6. The normalized spacial score (nSPS) is 30.5. The zero-order valence-electron chi connectivity index (χ0n) is 15.5. The molecule has 0 spiro atoms. The van der Waals surface area contributed by atoms with Crippen molar-refractivity contribution in [1.82, 2.24) is 0 Å². The third kappa shape index (κ3) is 3.68. The number of aliphatic hydroxyl groups is 2. The molecule has 0 bridgehead atoms. The first-order chi connectivity index (χ1) is 12.0. The maximum atomic E-state index is 10.4. The van der Waals surface area contributed by atoms with E-state index >= 15 is 0 Å². The van der Waals surface area contributed by atoms with Crippen LogP contribution in [0.3, 0.4) is 0 Å². The molecule has 0 aromatic heterocycles. The Morgan fingerprint density at radius 3 is 2.56 bits per heavy atom. The highest BCUT2D eigenvalue weighted by Gasteiger charge is 2.49. The number of benzene rings is 1. The van der Waals surface area contributed by atoms with Crippen molar-refractivity contribution in [2.24, 2.45) is 5.41 Å². The van der Waals surface area contributed by atoms with E-state index in [1.165, 1.54) is 16.7 Å². The summed E-state index contributed by atoms with van der Waals surface area (Å²) in [5.41, 5.74) is 4.50. The van der Waals surface area contributed by atoms with Crippen LogP contribution in [-0.2, 0) is 9.47 Å². The Morgan fingerprint density at radius 2 is 1.88 bits per heavy atom. The van der Waals surface area contributed by atoms with Crippen molar-refractivity contribution in [1.29, 1.82) is 0 Å². The highest BCUT2D eigenvalue weighted by molar-refractivity contribution is 5.35. The Morgan fingerprint density at radius 1 is 1.16 bits per heavy atom. The number of fused-ring (bicyclic) bond motifs is 1. The van der Waals surface area contributed by atoms with E-state index in [4.69, 9.17) is 9.47 Å². The summed E-state index contributed by atoms with van der Waals surface area (Å²) in [6, 6.07) is 6.50. The smallest absolute Gasteiger partial charge is 0.147 e. The number of hydrogen-bond acceptors (Lipinski definition) is 4. The van der Waals surface area contributed by atoms with E-state index in [2.05, 4.69) is 32.0 Å². The molecule has 1 saturated carbocycles. The lowest BCUT2D eigenvalue weighted by Gasteiger charge is -2.49. The molecule has 0 heterocycles. The van der Waals surface area contributed by atoms with Crippen LogP contribution in [0.25, 0.3) is 0 Å². The molecule has 0 aliphatic heterocycles. The van der Waals surface area contributed by atoms with E-state index in [1.54, 1.807) is 7.11 Å². The van der Waals surface area contributed by atoms with Gasteiger partial charge < -0.3 is 19.7 Å². The molecule has 4 atom stereocenters. The van der Waals surface area contributed by atoms with Gasteiger partial charge in [0.2, 0.25) is 0 Å². The number of aliphatic hydroxyl groups excluding tert-OH is 2. The number of rotatable bonds is 5. The van der Waals surface area contributed by atoms with E-state index in [0.29, 0.717) is 6.42 Å². The van der Waals surface area contributed by atoms with Gasteiger partial charge in [0.1, 0.15) is 6.79 Å². The molecular weight excluding hydrogens is 316 g/mol. The van der Waals surface area contributed by atoms with E-state index in [9.17, 15) is 10.2 Å². The molecule has 0 saturated heterocycles. The van der Waals surface area contributed by atoms with Gasteiger partial charge in [-0.05, 0) is 45.1 Å². The van der Waals surface area contributed by atoms with Gasteiger partial charge in [-0.3, -0.25) is 0 Å². The molecule has 0 amide bonds. The predicted molar refractivity (Wildman–Crippen MR) is 97.2 cm³/mol. The van der Waals surface area contributed by atoms with Crippen molar-refractivity contribution in [2.75, 3.05) is 13.9 Å². The summed E-state index contributed by atoms with van der Waals surface area (Å²) in [4.78, 5) is 0. The third-order valence-corrected chi connectivity index (χ3v) is 5.70. The van der Waals surface area contributed by atoms with Crippen LogP contribution < -0.4 is 0 Å². The lowest BCUT2D eigenvalue weighted by molar-refractivity contribution is -0.135. The van der Waals surface area contributed by atoms with E-state index in [0.717, 1.165) is 31.2 Å². The molecule has 1 aromatic rings. The first-order valence-corrected chi connectivity index (χ1v) is 9.22. The number of methoxy groups -OCH3 is 1. The Labute approximate surface area is 150 Å². The van der Waals surface area contributed by atoms with Gasteiger partial charge in [-0.15, -0.1) is 0 Å². The second-order valence-corrected chi connectivity index (χ2v) is 7.69. The average Bonchev–Trinajstić information content (AvgIpc) is 2.55. The van der Waals surface area contributed by atoms with Crippen LogP contribution in [-0.4, -0.2) is 36.3 Å². The fourth-order valence-corrected chi connectivity index (χ4v) is 4.74. The van der Waals surface area contributed by atoms with Crippen LogP contribution >= 0.6 is 0 Å². The van der Waals surface area contributed by atoms with Gasteiger partial charge in [0.25, 0.3) is 0 Å². The lowest BCUT2D eigenvalue weighted by atomic mass is 9.59. The quantitative estimate of drug-likeness (QED) is 0.632. The number of aryl methyl sites for hydroxylation is 2. The molecule has 3 rings (SSSR count). The summed E-state index contributed by atoms with van der Waals surface area (Å²) >= 11 is 0. The standard InChI is InChI=1S/C21H30O4/c1-14-8-15(2)10-16(9-14)20(25-13-24-3)21-7-5-4-6-17(21)11-18(22)19(23)12-21/h8-11,18-20,22-23H,4-7,12-13H2,1-3H3/t18?,19?,20-,21-/m0/s1. The lowest BCUT2D eigenvalue weighted by Crippen LogP contribution is -2.45.